The lowest BCUT2D eigenvalue weighted by molar-refractivity contribution is -0.122. The smallest absolute Gasteiger partial charge is 0.220 e. The maximum Gasteiger partial charge on any atom is 0.220 e. The highest BCUT2D eigenvalue weighted by molar-refractivity contribution is 5.76. The standard InChI is InChI=1S/C16H26N2O2/c1-16(2,3)14(11-17)18-15(19)10-7-12-5-8-13(20-4)9-6-12/h5-6,8-9,14H,7,10-11,17H2,1-4H3,(H,18,19). The molecule has 0 aromatic heterocycles. The first-order valence-corrected chi connectivity index (χ1v) is 6.99. The molecule has 4 heteroatoms. The Morgan fingerprint density at radius 1 is 1.30 bits per heavy atom. The van der Waals surface area contributed by atoms with E-state index in [0.717, 1.165) is 17.7 Å². The van der Waals surface area contributed by atoms with Crippen LogP contribution in [0.3, 0.4) is 0 Å². The molecule has 0 radical (unpaired) electrons. The van der Waals surface area contributed by atoms with Crippen LogP contribution in [0.15, 0.2) is 24.3 Å². The number of hydrogen-bond acceptors (Lipinski definition) is 3. The fraction of sp³-hybridized carbons (Fsp3) is 0.562. The molecule has 1 aromatic rings. The van der Waals surface area contributed by atoms with Crippen LogP contribution in [0.1, 0.15) is 32.8 Å². The van der Waals surface area contributed by atoms with Crippen molar-refractivity contribution in [1.82, 2.24) is 5.32 Å². The Morgan fingerprint density at radius 3 is 2.35 bits per heavy atom. The number of amides is 1. The maximum atomic E-state index is 12.0. The largest absolute Gasteiger partial charge is 0.497 e. The van der Waals surface area contributed by atoms with Crippen molar-refractivity contribution in [3.63, 3.8) is 0 Å². The Morgan fingerprint density at radius 2 is 1.90 bits per heavy atom. The van der Waals surface area contributed by atoms with Crippen LogP contribution in [-0.2, 0) is 11.2 Å². The van der Waals surface area contributed by atoms with Crippen LogP contribution in [0.4, 0.5) is 0 Å². The number of rotatable bonds is 6. The summed E-state index contributed by atoms with van der Waals surface area (Å²) >= 11 is 0. The number of carbonyl (C=O) groups is 1. The molecule has 112 valence electrons. The lowest BCUT2D eigenvalue weighted by atomic mass is 9.86. The fourth-order valence-electron chi connectivity index (χ4n) is 1.95. The van der Waals surface area contributed by atoms with Crippen LogP contribution in [0.25, 0.3) is 0 Å². The summed E-state index contributed by atoms with van der Waals surface area (Å²) in [6, 6.07) is 7.79. The summed E-state index contributed by atoms with van der Waals surface area (Å²) in [5.41, 5.74) is 6.82. The number of methoxy groups -OCH3 is 1. The molecule has 0 aliphatic heterocycles. The molecule has 1 aromatic carbocycles. The van der Waals surface area contributed by atoms with E-state index in [0.29, 0.717) is 13.0 Å². The third-order valence-corrected chi connectivity index (χ3v) is 3.42. The van der Waals surface area contributed by atoms with Gasteiger partial charge in [-0.3, -0.25) is 4.79 Å². The number of nitrogens with two attached hydrogens (primary N) is 1. The van der Waals surface area contributed by atoms with Gasteiger partial charge >= 0.3 is 0 Å². The number of benzene rings is 1. The normalized spacial score (nSPS) is 12.8. The highest BCUT2D eigenvalue weighted by atomic mass is 16.5. The van der Waals surface area contributed by atoms with Gasteiger partial charge in [-0.2, -0.15) is 0 Å². The third kappa shape index (κ3) is 5.21. The minimum Gasteiger partial charge on any atom is -0.497 e. The molecule has 3 N–H and O–H groups in total. The Balaban J connectivity index is 2.46. The molecule has 4 nitrogen and oxygen atoms in total. The van der Waals surface area contributed by atoms with Crippen molar-refractivity contribution < 1.29 is 9.53 Å². The summed E-state index contributed by atoms with van der Waals surface area (Å²) in [6.07, 6.45) is 1.19. The molecular weight excluding hydrogens is 252 g/mol. The summed E-state index contributed by atoms with van der Waals surface area (Å²) in [4.78, 5) is 12.0. The number of carbonyl (C=O) groups excluding carboxylic acids is 1. The first kappa shape index (κ1) is 16.5. The lowest BCUT2D eigenvalue weighted by Crippen LogP contribution is -2.48. The van der Waals surface area contributed by atoms with E-state index in [9.17, 15) is 4.79 Å². The van der Waals surface area contributed by atoms with Gasteiger partial charge < -0.3 is 15.8 Å². The zero-order valence-corrected chi connectivity index (χ0v) is 12.9. The van der Waals surface area contributed by atoms with Crippen molar-refractivity contribution in [3.05, 3.63) is 29.8 Å². The van der Waals surface area contributed by atoms with Gasteiger partial charge in [0.15, 0.2) is 0 Å². The van der Waals surface area contributed by atoms with Gasteiger partial charge in [0.25, 0.3) is 0 Å². The topological polar surface area (TPSA) is 64.3 Å². The first-order valence-electron chi connectivity index (χ1n) is 6.99. The monoisotopic (exact) mass is 278 g/mol. The Labute approximate surface area is 121 Å². The SMILES string of the molecule is COc1ccc(CCC(=O)NC(CN)C(C)(C)C)cc1. The third-order valence-electron chi connectivity index (χ3n) is 3.42. The first-order chi connectivity index (χ1) is 9.36. The van der Waals surface area contributed by atoms with E-state index in [2.05, 4.69) is 26.1 Å². The van der Waals surface area contributed by atoms with Gasteiger partial charge in [0.1, 0.15) is 5.75 Å². The van der Waals surface area contributed by atoms with Crippen LogP contribution in [0.2, 0.25) is 0 Å². The Hall–Kier alpha value is -1.55. The van der Waals surface area contributed by atoms with Crippen LogP contribution >= 0.6 is 0 Å². The summed E-state index contributed by atoms with van der Waals surface area (Å²) < 4.78 is 5.11. The quantitative estimate of drug-likeness (QED) is 0.837. The average Bonchev–Trinajstić information content (AvgIpc) is 2.41. The molecule has 1 unspecified atom stereocenters. The van der Waals surface area contributed by atoms with Crippen molar-refractivity contribution in [2.75, 3.05) is 13.7 Å². The van der Waals surface area contributed by atoms with Gasteiger partial charge in [0, 0.05) is 19.0 Å². The molecule has 1 rings (SSSR count). The van der Waals surface area contributed by atoms with Crippen molar-refractivity contribution in [2.24, 2.45) is 11.1 Å². The molecule has 1 atom stereocenters. The van der Waals surface area contributed by atoms with E-state index in [4.69, 9.17) is 10.5 Å². The predicted molar refractivity (Wildman–Crippen MR) is 81.8 cm³/mol. The summed E-state index contributed by atoms with van der Waals surface area (Å²) in [6.45, 7) is 6.69. The number of aryl methyl sites for hydroxylation is 1. The minimum absolute atomic E-state index is 0.00543. The molecule has 0 spiro atoms. The molecule has 1 amide bonds. The zero-order chi connectivity index (χ0) is 15.2. The molecule has 0 heterocycles. The van der Waals surface area contributed by atoms with Crippen LogP contribution in [-0.4, -0.2) is 25.6 Å². The lowest BCUT2D eigenvalue weighted by Gasteiger charge is -2.30. The van der Waals surface area contributed by atoms with Crippen molar-refractivity contribution in [1.29, 1.82) is 0 Å². The molecule has 0 aliphatic rings. The number of hydrogen-bond donors (Lipinski definition) is 2. The summed E-state index contributed by atoms with van der Waals surface area (Å²) in [5.74, 6) is 0.875. The van der Waals surface area contributed by atoms with Gasteiger partial charge in [-0.15, -0.1) is 0 Å². The average molecular weight is 278 g/mol. The Bertz CT molecular complexity index is 421. The summed E-state index contributed by atoms with van der Waals surface area (Å²) in [5, 5.41) is 3.01. The predicted octanol–water partition coefficient (Wildman–Crippen LogP) is 2.12. The zero-order valence-electron chi connectivity index (χ0n) is 12.9. The van der Waals surface area contributed by atoms with Crippen molar-refractivity contribution in [3.8, 4) is 5.75 Å². The van der Waals surface area contributed by atoms with Gasteiger partial charge in [0.05, 0.1) is 7.11 Å². The van der Waals surface area contributed by atoms with Gasteiger partial charge in [0.2, 0.25) is 5.91 Å². The van der Waals surface area contributed by atoms with Crippen LogP contribution < -0.4 is 15.8 Å². The van der Waals surface area contributed by atoms with E-state index in [1.807, 2.05) is 24.3 Å². The van der Waals surface area contributed by atoms with Gasteiger partial charge in [-0.1, -0.05) is 32.9 Å². The Kier molecular flexibility index (Phi) is 6.02. The fourth-order valence-corrected chi connectivity index (χ4v) is 1.95. The van der Waals surface area contributed by atoms with Crippen molar-refractivity contribution in [2.45, 2.75) is 39.7 Å². The summed E-state index contributed by atoms with van der Waals surface area (Å²) in [7, 11) is 1.64. The number of ether oxygens (including phenoxy) is 1. The second-order valence-corrected chi connectivity index (χ2v) is 6.07. The van der Waals surface area contributed by atoms with Crippen LogP contribution in [0.5, 0.6) is 5.75 Å². The second kappa shape index (κ2) is 7.29. The highest BCUT2D eigenvalue weighted by Crippen LogP contribution is 2.18. The van der Waals surface area contributed by atoms with Crippen LogP contribution in [0, 0.1) is 5.41 Å². The minimum atomic E-state index is -0.0233. The highest BCUT2D eigenvalue weighted by Gasteiger charge is 2.24. The molecule has 0 bridgehead atoms. The molecule has 0 fully saturated rings. The molecule has 0 saturated carbocycles. The van der Waals surface area contributed by atoms with Gasteiger partial charge in [-0.05, 0) is 29.5 Å². The molecule has 20 heavy (non-hydrogen) atoms. The maximum absolute atomic E-state index is 12.0. The van der Waals surface area contributed by atoms with E-state index >= 15 is 0 Å². The molecule has 0 aliphatic carbocycles. The molecule has 0 saturated heterocycles. The van der Waals surface area contributed by atoms with E-state index in [-0.39, 0.29) is 17.4 Å². The van der Waals surface area contributed by atoms with E-state index in [1.54, 1.807) is 7.11 Å². The van der Waals surface area contributed by atoms with Gasteiger partial charge in [-0.25, -0.2) is 0 Å². The van der Waals surface area contributed by atoms with E-state index < -0.39 is 0 Å². The second-order valence-electron chi connectivity index (χ2n) is 6.07. The van der Waals surface area contributed by atoms with Crippen molar-refractivity contribution >= 4 is 5.91 Å². The van der Waals surface area contributed by atoms with E-state index in [1.165, 1.54) is 0 Å². The number of nitrogens with one attached hydrogen (secondary N) is 1. The molecular formula is C16H26N2O2.